The van der Waals surface area contributed by atoms with Gasteiger partial charge in [0.15, 0.2) is 16.6 Å². The molecule has 0 saturated carbocycles. The van der Waals surface area contributed by atoms with Gasteiger partial charge in [-0.2, -0.15) is 0 Å². The first kappa shape index (κ1) is 37.2. The van der Waals surface area contributed by atoms with Gasteiger partial charge in [0.2, 0.25) is 5.91 Å². The lowest BCUT2D eigenvalue weighted by Crippen LogP contribution is -2.48. The third-order valence-corrected chi connectivity index (χ3v) is 19.7. The summed E-state index contributed by atoms with van der Waals surface area (Å²) in [5, 5.41) is 3.24. The molecule has 0 saturated heterocycles. The van der Waals surface area contributed by atoms with E-state index in [2.05, 4.69) is 112 Å². The normalized spacial score (nSPS) is 25.1. The molecule has 1 amide bonds. The number of amides is 1. The van der Waals surface area contributed by atoms with Gasteiger partial charge >= 0.3 is 0 Å². The number of unbranched alkanes of at least 4 members (excludes halogenated alkanes) is 1. The molecule has 0 aromatic heterocycles. The molecule has 0 aliphatic heterocycles. The van der Waals surface area contributed by atoms with Gasteiger partial charge in [0.1, 0.15) is 5.78 Å². The first-order chi connectivity index (χ1) is 19.1. The predicted octanol–water partition coefficient (Wildman–Crippen LogP) is 9.36. The summed E-state index contributed by atoms with van der Waals surface area (Å²) >= 11 is 0. The molecule has 1 N–H and O–H groups in total. The van der Waals surface area contributed by atoms with Crippen LogP contribution in [0.15, 0.2) is 23.8 Å². The van der Waals surface area contributed by atoms with Crippen LogP contribution < -0.4 is 5.32 Å². The molecule has 5 atom stereocenters. The van der Waals surface area contributed by atoms with Crippen molar-refractivity contribution in [1.29, 1.82) is 0 Å². The predicted molar refractivity (Wildman–Crippen MR) is 183 cm³/mol. The van der Waals surface area contributed by atoms with Crippen molar-refractivity contribution in [2.75, 3.05) is 6.54 Å². The quantitative estimate of drug-likeness (QED) is 0.155. The summed E-state index contributed by atoms with van der Waals surface area (Å²) in [7, 11) is -4.23. The van der Waals surface area contributed by atoms with Crippen molar-refractivity contribution in [3.63, 3.8) is 0 Å². The maximum Gasteiger partial charge on any atom is 0.222 e. The summed E-state index contributed by atoms with van der Waals surface area (Å²) < 4.78 is 14.1. The first-order valence-corrected chi connectivity index (χ1v) is 22.5. The lowest BCUT2D eigenvalue weighted by molar-refractivity contribution is -0.127. The van der Waals surface area contributed by atoms with E-state index in [-0.39, 0.29) is 39.5 Å². The van der Waals surface area contributed by atoms with Crippen LogP contribution in [0.5, 0.6) is 0 Å². The second-order valence-electron chi connectivity index (χ2n) is 16.7. The Hall–Kier alpha value is -1.03. The summed E-state index contributed by atoms with van der Waals surface area (Å²) in [5.41, 5.74) is 1.08. The Labute approximate surface area is 261 Å². The Morgan fingerprint density at radius 2 is 1.62 bits per heavy atom. The van der Waals surface area contributed by atoms with Crippen LogP contribution in [0, 0.1) is 17.3 Å². The van der Waals surface area contributed by atoms with E-state index in [0.29, 0.717) is 37.5 Å². The fourth-order valence-corrected chi connectivity index (χ4v) is 8.70. The van der Waals surface area contributed by atoms with Crippen LogP contribution in [0.25, 0.3) is 0 Å². The molecule has 2 rings (SSSR count). The number of nitrogens with one attached hydrogen (secondary N) is 1. The molecule has 7 heteroatoms. The Morgan fingerprint density at radius 1 is 1.05 bits per heavy atom. The highest BCUT2D eigenvalue weighted by Gasteiger charge is 2.46. The topological polar surface area (TPSA) is 64.6 Å². The molecule has 0 aromatic rings. The Kier molecular flexibility index (Phi) is 12.7. The number of Topliss-reactive ketones (excluding diaryl/α,β-unsaturated/α-hetero) is 1. The van der Waals surface area contributed by atoms with E-state index in [1.54, 1.807) is 0 Å². The van der Waals surface area contributed by atoms with Crippen molar-refractivity contribution in [1.82, 2.24) is 5.32 Å². The highest BCUT2D eigenvalue weighted by atomic mass is 28.4. The second kappa shape index (κ2) is 14.4. The average Bonchev–Trinajstić information content (AvgIpc) is 2.80. The summed E-state index contributed by atoms with van der Waals surface area (Å²) in [5.74, 6) is 0.730. The highest BCUT2D eigenvalue weighted by Crippen LogP contribution is 2.49. The molecule has 242 valence electrons. The first-order valence-electron chi connectivity index (χ1n) is 16.6. The van der Waals surface area contributed by atoms with Gasteiger partial charge in [-0.1, -0.05) is 87.0 Å². The molecular weight excluding hydrogens is 555 g/mol. The number of allylic oxidation sites excluding steroid dienone is 4. The zero-order valence-electron chi connectivity index (χ0n) is 29.5. The van der Waals surface area contributed by atoms with E-state index in [0.717, 1.165) is 32.1 Å². The van der Waals surface area contributed by atoms with Crippen LogP contribution >= 0.6 is 0 Å². The number of hydrogen-bond donors (Lipinski definition) is 1. The zero-order valence-corrected chi connectivity index (χ0v) is 31.5. The number of carbonyl (C=O) groups is 2. The molecule has 0 bridgehead atoms. The van der Waals surface area contributed by atoms with Crippen LogP contribution in [0.4, 0.5) is 0 Å². The van der Waals surface area contributed by atoms with Gasteiger partial charge in [0, 0.05) is 25.0 Å². The number of rotatable bonds is 14. The lowest BCUT2D eigenvalue weighted by atomic mass is 9.61. The van der Waals surface area contributed by atoms with Crippen LogP contribution in [-0.4, -0.2) is 47.1 Å². The zero-order chi connectivity index (χ0) is 32.1. The fourth-order valence-electron chi connectivity index (χ4n) is 5.93. The Bertz CT molecular complexity index is 988. The smallest absolute Gasteiger partial charge is 0.222 e. The van der Waals surface area contributed by atoms with Crippen molar-refractivity contribution < 1.29 is 18.4 Å². The van der Waals surface area contributed by atoms with E-state index in [4.69, 9.17) is 8.85 Å². The minimum absolute atomic E-state index is 0.0307. The van der Waals surface area contributed by atoms with Crippen molar-refractivity contribution in [2.45, 2.75) is 162 Å². The van der Waals surface area contributed by atoms with E-state index in [9.17, 15) is 9.59 Å². The largest absolute Gasteiger partial charge is 0.414 e. The summed E-state index contributed by atoms with van der Waals surface area (Å²) in [6, 6.07) is 0. The third kappa shape index (κ3) is 10.00. The molecule has 0 radical (unpaired) electrons. The summed E-state index contributed by atoms with van der Waals surface area (Å²) in [6.45, 7) is 30.1. The van der Waals surface area contributed by atoms with Gasteiger partial charge in [-0.25, -0.2) is 0 Å². The molecule has 0 heterocycles. The van der Waals surface area contributed by atoms with E-state index < -0.39 is 16.6 Å². The number of fused-ring (bicyclic) bond motifs is 1. The summed E-state index contributed by atoms with van der Waals surface area (Å²) in [6.07, 6.45) is 12.9. The van der Waals surface area contributed by atoms with Crippen molar-refractivity contribution in [2.24, 2.45) is 17.3 Å². The van der Waals surface area contributed by atoms with Crippen molar-refractivity contribution in [3.8, 4) is 0 Å². The average molecular weight is 620 g/mol. The number of hydrogen-bond acceptors (Lipinski definition) is 4. The molecule has 0 fully saturated rings. The fraction of sp³-hybridized carbons (Fsp3) is 0.829. The molecular formula is C35H65NO4Si2. The SMILES string of the molecule is CCCCNC(=O)CC(CC(CCC1(C)CC=CC2=CC(C)CC(=O)[C@@H]21)O[Si](C)(C)C(C)(C)C)O[Si](C)(C)C(C)(C)C. The molecule has 4 unspecified atom stereocenters. The molecule has 5 nitrogen and oxygen atoms in total. The highest BCUT2D eigenvalue weighted by molar-refractivity contribution is 6.74. The van der Waals surface area contributed by atoms with E-state index >= 15 is 0 Å². The van der Waals surface area contributed by atoms with Gasteiger partial charge in [-0.15, -0.1) is 0 Å². The number of ketones is 1. The van der Waals surface area contributed by atoms with E-state index in [1.807, 2.05) is 0 Å². The Morgan fingerprint density at radius 3 is 2.17 bits per heavy atom. The standard InChI is InChI=1S/C35H65NO4Si2/c1-14-15-21-36-31(38)25-29(40-42(12,13)34(6,7)8)24-28(39-41(10,11)33(3,4)5)18-20-35(9)19-16-17-27-22-26(2)23-30(37)32(27)35/h16-17,22,26,28-29,32H,14-15,18-21,23-25H2,1-13H3,(H,36,38)/t26?,28?,29?,32-,35?/m1/s1. The minimum atomic E-state index is -2.13. The molecule has 0 aromatic carbocycles. The lowest BCUT2D eigenvalue weighted by Gasteiger charge is -2.45. The minimum Gasteiger partial charge on any atom is -0.414 e. The molecule has 2 aliphatic carbocycles. The van der Waals surface area contributed by atoms with E-state index in [1.165, 1.54) is 5.57 Å². The molecule has 2 aliphatic rings. The van der Waals surface area contributed by atoms with Gasteiger partial charge in [0.05, 0.1) is 12.5 Å². The second-order valence-corrected chi connectivity index (χ2v) is 26.2. The Balaban J connectivity index is 2.37. The van der Waals surface area contributed by atoms with Gasteiger partial charge < -0.3 is 14.2 Å². The van der Waals surface area contributed by atoms with Gasteiger partial charge in [-0.05, 0) is 85.3 Å². The molecule has 42 heavy (non-hydrogen) atoms. The van der Waals surface area contributed by atoms with Crippen molar-refractivity contribution >= 4 is 28.3 Å². The van der Waals surface area contributed by atoms with Crippen LogP contribution in [0.3, 0.4) is 0 Å². The maximum atomic E-state index is 13.4. The van der Waals surface area contributed by atoms with Crippen LogP contribution in [0.1, 0.15) is 114 Å². The van der Waals surface area contributed by atoms with Crippen molar-refractivity contribution in [3.05, 3.63) is 23.8 Å². The van der Waals surface area contributed by atoms with Gasteiger partial charge in [0.25, 0.3) is 0 Å². The maximum absolute atomic E-state index is 13.4. The van der Waals surface area contributed by atoms with Crippen LogP contribution in [0.2, 0.25) is 36.3 Å². The van der Waals surface area contributed by atoms with Crippen LogP contribution in [-0.2, 0) is 18.4 Å². The third-order valence-electron chi connectivity index (χ3n) is 10.6. The summed E-state index contributed by atoms with van der Waals surface area (Å²) in [4.78, 5) is 26.5. The molecule has 0 spiro atoms. The monoisotopic (exact) mass is 619 g/mol. The van der Waals surface area contributed by atoms with Gasteiger partial charge in [-0.3, -0.25) is 9.59 Å². The number of carbonyl (C=O) groups excluding carboxylic acids is 2.